The van der Waals surface area contributed by atoms with E-state index in [1.807, 2.05) is 0 Å². The molecule has 4 amide bonds. The van der Waals surface area contributed by atoms with Gasteiger partial charge in [-0.2, -0.15) is 0 Å². The third-order valence-electron chi connectivity index (χ3n) is 2.78. The summed E-state index contributed by atoms with van der Waals surface area (Å²) in [6, 6.07) is -1.86. The molecule has 0 spiro atoms. The fourth-order valence-corrected chi connectivity index (χ4v) is 2.71. The van der Waals surface area contributed by atoms with Crippen molar-refractivity contribution in [3.63, 3.8) is 0 Å². The van der Waals surface area contributed by atoms with Gasteiger partial charge in [-0.05, 0) is 6.92 Å². The van der Waals surface area contributed by atoms with E-state index in [4.69, 9.17) is 17.2 Å². The van der Waals surface area contributed by atoms with Gasteiger partial charge in [-0.3, -0.25) is 24.1 Å². The van der Waals surface area contributed by atoms with Gasteiger partial charge in [0.05, 0.1) is 11.3 Å². The summed E-state index contributed by atoms with van der Waals surface area (Å²) in [7, 11) is 0. The Hall–Kier alpha value is -1.61. The van der Waals surface area contributed by atoms with Crippen LogP contribution in [0, 0.1) is 0 Å². The van der Waals surface area contributed by atoms with Crippen LogP contribution in [0.15, 0.2) is 0 Å². The molecule has 0 aromatic heterocycles. The number of thioether (sulfide) groups is 1. The lowest BCUT2D eigenvalue weighted by Crippen LogP contribution is -2.46. The van der Waals surface area contributed by atoms with Crippen molar-refractivity contribution in [2.24, 2.45) is 17.2 Å². The minimum atomic E-state index is -0.976. The lowest BCUT2D eigenvalue weighted by molar-refractivity contribution is -0.145. The van der Waals surface area contributed by atoms with Gasteiger partial charge in [0.1, 0.15) is 6.04 Å². The average molecular weight is 288 g/mol. The number of hydrogen-bond acceptors (Lipinski definition) is 6. The van der Waals surface area contributed by atoms with Gasteiger partial charge in [0.25, 0.3) is 0 Å². The van der Waals surface area contributed by atoms with E-state index in [1.54, 1.807) is 0 Å². The fraction of sp³-hybridized carbons (Fsp3) is 0.600. The van der Waals surface area contributed by atoms with E-state index >= 15 is 0 Å². The molecule has 1 saturated heterocycles. The molecule has 1 aliphatic heterocycles. The Balaban J connectivity index is 2.66. The van der Waals surface area contributed by atoms with Gasteiger partial charge in [-0.25, -0.2) is 0 Å². The summed E-state index contributed by atoms with van der Waals surface area (Å²) < 4.78 is 0. The standard InChI is InChI=1S/C10H16N4O4S/c1-4(8(12)16)14-7(15)2-6(10(14)18)19-3-5(11)9(13)17/h4-6H,2-3,11H2,1H3,(H2,12,16)(H2,13,17)/t4?,5-,6?/m1/s1. The predicted octanol–water partition coefficient (Wildman–Crippen LogP) is -2.47. The number of rotatable bonds is 6. The first-order valence-electron chi connectivity index (χ1n) is 5.57. The summed E-state index contributed by atoms with van der Waals surface area (Å²) in [5, 5.41) is -0.653. The quantitative estimate of drug-likeness (QED) is 0.461. The van der Waals surface area contributed by atoms with Crippen LogP contribution in [0.5, 0.6) is 0 Å². The molecule has 0 aromatic carbocycles. The number of likely N-dealkylation sites (tertiary alicyclic amines) is 1. The Labute approximate surface area is 114 Å². The molecule has 0 radical (unpaired) electrons. The molecule has 106 valence electrons. The van der Waals surface area contributed by atoms with Gasteiger partial charge >= 0.3 is 0 Å². The molecule has 2 unspecified atom stereocenters. The van der Waals surface area contributed by atoms with Crippen molar-refractivity contribution >= 4 is 35.4 Å². The largest absolute Gasteiger partial charge is 0.368 e. The van der Waals surface area contributed by atoms with Crippen LogP contribution in [0.2, 0.25) is 0 Å². The second-order valence-corrected chi connectivity index (χ2v) is 5.45. The zero-order chi connectivity index (χ0) is 14.7. The summed E-state index contributed by atoms with van der Waals surface area (Å²) in [5.74, 6) is -2.23. The molecule has 9 heteroatoms. The van der Waals surface area contributed by atoms with Crippen LogP contribution in [0.3, 0.4) is 0 Å². The Morgan fingerprint density at radius 2 is 1.95 bits per heavy atom. The normalized spacial score (nSPS) is 22.4. The Morgan fingerprint density at radius 1 is 1.37 bits per heavy atom. The summed E-state index contributed by atoms with van der Waals surface area (Å²) >= 11 is 1.08. The summed E-state index contributed by atoms with van der Waals surface area (Å²) in [6.45, 7) is 1.39. The third-order valence-corrected chi connectivity index (χ3v) is 4.11. The summed E-state index contributed by atoms with van der Waals surface area (Å²) in [4.78, 5) is 46.3. The van der Waals surface area contributed by atoms with E-state index < -0.39 is 41.0 Å². The number of primary amides is 2. The first-order chi connectivity index (χ1) is 8.75. The molecule has 0 aliphatic carbocycles. The lowest BCUT2D eigenvalue weighted by Gasteiger charge is -2.20. The number of nitrogens with two attached hydrogens (primary N) is 3. The molecule has 6 N–H and O–H groups in total. The van der Waals surface area contributed by atoms with Crippen molar-refractivity contribution < 1.29 is 19.2 Å². The SMILES string of the molecule is CC(C(N)=O)N1C(=O)CC(SC[C@@H](N)C(N)=O)C1=O. The molecule has 1 aliphatic rings. The molecule has 19 heavy (non-hydrogen) atoms. The van der Waals surface area contributed by atoms with Crippen LogP contribution in [0.1, 0.15) is 13.3 Å². The van der Waals surface area contributed by atoms with Crippen molar-refractivity contribution in [1.29, 1.82) is 0 Å². The predicted molar refractivity (Wildman–Crippen MR) is 68.5 cm³/mol. The minimum absolute atomic E-state index is 0.0351. The van der Waals surface area contributed by atoms with Crippen molar-refractivity contribution in [1.82, 2.24) is 4.90 Å². The summed E-state index contributed by atoms with van der Waals surface area (Å²) in [5.41, 5.74) is 15.5. The van der Waals surface area contributed by atoms with Gasteiger partial charge in [0.15, 0.2) is 0 Å². The first-order valence-corrected chi connectivity index (χ1v) is 6.62. The maximum Gasteiger partial charge on any atom is 0.243 e. The Kier molecular flexibility index (Phi) is 4.90. The highest BCUT2D eigenvalue weighted by Crippen LogP contribution is 2.26. The molecule has 0 bridgehead atoms. The lowest BCUT2D eigenvalue weighted by atomic mass is 10.3. The number of carbonyl (C=O) groups is 4. The highest BCUT2D eigenvalue weighted by atomic mass is 32.2. The molecule has 1 rings (SSSR count). The zero-order valence-corrected chi connectivity index (χ0v) is 11.2. The van der Waals surface area contributed by atoms with Crippen LogP contribution >= 0.6 is 11.8 Å². The van der Waals surface area contributed by atoms with Gasteiger partial charge in [-0.15, -0.1) is 11.8 Å². The van der Waals surface area contributed by atoms with Gasteiger partial charge in [-0.1, -0.05) is 0 Å². The number of carbonyl (C=O) groups excluding carboxylic acids is 4. The van der Waals surface area contributed by atoms with Gasteiger partial charge in [0, 0.05) is 12.2 Å². The second kappa shape index (κ2) is 6.02. The van der Waals surface area contributed by atoms with Gasteiger partial charge in [0.2, 0.25) is 23.6 Å². The van der Waals surface area contributed by atoms with Crippen molar-refractivity contribution in [2.75, 3.05) is 5.75 Å². The van der Waals surface area contributed by atoms with Crippen LogP contribution in [-0.4, -0.2) is 51.6 Å². The Morgan fingerprint density at radius 3 is 2.42 bits per heavy atom. The van der Waals surface area contributed by atoms with Gasteiger partial charge < -0.3 is 17.2 Å². The molecular formula is C10H16N4O4S. The highest BCUT2D eigenvalue weighted by molar-refractivity contribution is 8.00. The molecule has 1 heterocycles. The van der Waals surface area contributed by atoms with Crippen LogP contribution in [0.25, 0.3) is 0 Å². The number of hydrogen-bond donors (Lipinski definition) is 3. The molecule has 0 saturated carbocycles. The van der Waals surface area contributed by atoms with Crippen molar-refractivity contribution in [2.45, 2.75) is 30.7 Å². The van der Waals surface area contributed by atoms with E-state index in [0.717, 1.165) is 16.7 Å². The maximum atomic E-state index is 12.0. The van der Waals surface area contributed by atoms with Crippen LogP contribution < -0.4 is 17.2 Å². The molecule has 8 nitrogen and oxygen atoms in total. The van der Waals surface area contributed by atoms with Crippen LogP contribution in [-0.2, 0) is 19.2 Å². The topological polar surface area (TPSA) is 150 Å². The maximum absolute atomic E-state index is 12.0. The third kappa shape index (κ3) is 3.44. The fourth-order valence-electron chi connectivity index (χ4n) is 1.59. The van der Waals surface area contributed by atoms with Crippen LogP contribution in [0.4, 0.5) is 0 Å². The molecule has 3 atom stereocenters. The number of nitrogens with zero attached hydrogens (tertiary/aromatic N) is 1. The Bertz CT molecular complexity index is 428. The van der Waals surface area contributed by atoms with E-state index in [1.165, 1.54) is 6.92 Å². The second-order valence-electron chi connectivity index (χ2n) is 4.22. The van der Waals surface area contributed by atoms with E-state index in [-0.39, 0.29) is 12.2 Å². The molecule has 1 fully saturated rings. The molecular weight excluding hydrogens is 272 g/mol. The smallest absolute Gasteiger partial charge is 0.243 e. The average Bonchev–Trinajstić information content (AvgIpc) is 2.60. The molecule has 0 aromatic rings. The van der Waals surface area contributed by atoms with Crippen molar-refractivity contribution in [3.8, 4) is 0 Å². The zero-order valence-electron chi connectivity index (χ0n) is 10.4. The van der Waals surface area contributed by atoms with E-state index in [9.17, 15) is 19.2 Å². The number of imide groups is 1. The number of amides is 4. The first kappa shape index (κ1) is 15.4. The minimum Gasteiger partial charge on any atom is -0.368 e. The van der Waals surface area contributed by atoms with E-state index in [0.29, 0.717) is 0 Å². The highest BCUT2D eigenvalue weighted by Gasteiger charge is 2.42. The summed E-state index contributed by atoms with van der Waals surface area (Å²) in [6.07, 6.45) is -0.0351. The van der Waals surface area contributed by atoms with E-state index in [2.05, 4.69) is 0 Å². The van der Waals surface area contributed by atoms with Crippen molar-refractivity contribution in [3.05, 3.63) is 0 Å². The monoisotopic (exact) mass is 288 g/mol.